The fourth-order valence-corrected chi connectivity index (χ4v) is 1.17. The van der Waals surface area contributed by atoms with E-state index in [2.05, 4.69) is 23.3 Å². The van der Waals surface area contributed by atoms with Crippen molar-refractivity contribution in [1.29, 1.82) is 0 Å². The molecule has 5 nitrogen and oxygen atoms in total. The van der Waals surface area contributed by atoms with Gasteiger partial charge in [-0.15, -0.1) is 5.12 Å². The molecule has 0 unspecified atom stereocenters. The second-order valence-electron chi connectivity index (χ2n) is 3.52. The average Bonchev–Trinajstić information content (AvgIpc) is 2.36. The van der Waals surface area contributed by atoms with Gasteiger partial charge < -0.3 is 10.2 Å². The fraction of sp³-hybridized carbons (Fsp3) is 0.308. The Kier molecular flexibility index (Phi) is 7.23. The van der Waals surface area contributed by atoms with Crippen molar-refractivity contribution in [2.75, 3.05) is 21.2 Å². The molecule has 0 aliphatic carbocycles. The highest BCUT2D eigenvalue weighted by atomic mass is 16.5. The molecule has 0 amide bonds. The molecule has 0 fully saturated rings. The van der Waals surface area contributed by atoms with Crippen LogP contribution in [0.1, 0.15) is 6.92 Å². The van der Waals surface area contributed by atoms with Gasteiger partial charge in [0.2, 0.25) is 0 Å². The Morgan fingerprint density at radius 2 is 1.94 bits per heavy atom. The number of ether oxygens (including phenoxy) is 1. The largest absolute Gasteiger partial charge is 0.465 e. The van der Waals surface area contributed by atoms with Crippen molar-refractivity contribution in [3.8, 4) is 0 Å². The number of hydrogen-bond donors (Lipinski definition) is 1. The minimum Gasteiger partial charge on any atom is -0.465 e. The van der Waals surface area contributed by atoms with Gasteiger partial charge in [0.05, 0.1) is 12.7 Å². The topological polar surface area (TPSA) is 44.8 Å². The predicted octanol–water partition coefficient (Wildman–Crippen LogP) is 1.60. The van der Waals surface area contributed by atoms with E-state index in [1.54, 1.807) is 29.2 Å². The van der Waals surface area contributed by atoms with E-state index in [9.17, 15) is 4.79 Å². The number of nitrogens with one attached hydrogen (secondary N) is 1. The molecule has 0 spiro atoms. The number of hydrazine groups is 2. The second kappa shape index (κ2) is 8.14. The van der Waals surface area contributed by atoms with Crippen LogP contribution in [0, 0.1) is 0 Å². The quantitative estimate of drug-likeness (QED) is 0.322. The Hall–Kier alpha value is -2.01. The Balaban J connectivity index is 4.80. The van der Waals surface area contributed by atoms with E-state index in [4.69, 9.17) is 0 Å². The maximum atomic E-state index is 11.5. The lowest BCUT2D eigenvalue weighted by atomic mass is 10.2. The molecule has 0 bridgehead atoms. The van der Waals surface area contributed by atoms with Gasteiger partial charge in [0.15, 0.2) is 0 Å². The number of methoxy groups -OCH3 is 1. The average molecular weight is 251 g/mol. The number of allylic oxidation sites excluding steroid dienone is 3. The van der Waals surface area contributed by atoms with Gasteiger partial charge in [0, 0.05) is 26.0 Å². The molecule has 1 N–H and O–H groups in total. The van der Waals surface area contributed by atoms with E-state index in [0.717, 1.165) is 0 Å². The summed E-state index contributed by atoms with van der Waals surface area (Å²) in [6.07, 6.45) is 6.75. The van der Waals surface area contributed by atoms with Crippen LogP contribution in [0.15, 0.2) is 48.9 Å². The minimum absolute atomic E-state index is 0.394. The standard InChI is InChI=1S/C13H21N3O2/c1-7-9-10-15(4)16(5)14-11(3)12(8-2)13(17)18-6/h7-10,14H,1-2H2,3-6H3/b10-9-,12-11-. The first-order valence-electron chi connectivity index (χ1n) is 5.41. The summed E-state index contributed by atoms with van der Waals surface area (Å²) >= 11 is 0. The molecule has 0 radical (unpaired) electrons. The van der Waals surface area contributed by atoms with Gasteiger partial charge >= 0.3 is 5.97 Å². The molecule has 0 saturated carbocycles. The summed E-state index contributed by atoms with van der Waals surface area (Å²) < 4.78 is 4.66. The van der Waals surface area contributed by atoms with Crippen molar-refractivity contribution < 1.29 is 9.53 Å². The Morgan fingerprint density at radius 1 is 1.33 bits per heavy atom. The molecule has 100 valence electrons. The summed E-state index contributed by atoms with van der Waals surface area (Å²) in [7, 11) is 5.00. The zero-order valence-corrected chi connectivity index (χ0v) is 11.4. The van der Waals surface area contributed by atoms with Crippen molar-refractivity contribution in [3.63, 3.8) is 0 Å². The van der Waals surface area contributed by atoms with Crippen molar-refractivity contribution in [2.45, 2.75) is 6.92 Å². The van der Waals surface area contributed by atoms with Crippen molar-refractivity contribution in [2.24, 2.45) is 0 Å². The maximum Gasteiger partial charge on any atom is 0.339 e. The molecule has 0 aromatic carbocycles. The van der Waals surface area contributed by atoms with Crippen LogP contribution in [0.4, 0.5) is 0 Å². The van der Waals surface area contributed by atoms with Gasteiger partial charge in [-0.25, -0.2) is 4.79 Å². The van der Waals surface area contributed by atoms with Crippen LogP contribution in [0.2, 0.25) is 0 Å². The zero-order chi connectivity index (χ0) is 14.1. The van der Waals surface area contributed by atoms with Gasteiger partial charge in [-0.05, 0) is 13.0 Å². The number of hydrogen-bond acceptors (Lipinski definition) is 5. The highest BCUT2D eigenvalue weighted by Crippen LogP contribution is 2.05. The summed E-state index contributed by atoms with van der Waals surface area (Å²) in [5.41, 5.74) is 4.08. The number of esters is 1. The van der Waals surface area contributed by atoms with Crippen molar-refractivity contribution in [1.82, 2.24) is 15.6 Å². The molecule has 0 rings (SSSR count). The highest BCUT2D eigenvalue weighted by Gasteiger charge is 2.11. The molecule has 0 atom stereocenters. The molecule has 0 aliphatic heterocycles. The zero-order valence-electron chi connectivity index (χ0n) is 11.4. The van der Waals surface area contributed by atoms with E-state index >= 15 is 0 Å². The molecule has 18 heavy (non-hydrogen) atoms. The third-order valence-corrected chi connectivity index (χ3v) is 2.25. The molecule has 0 heterocycles. The molecule has 0 aromatic heterocycles. The lowest BCUT2D eigenvalue weighted by molar-refractivity contribution is -0.135. The molecule has 0 aromatic rings. The number of carbonyl (C=O) groups excluding carboxylic acids is 1. The molecule has 0 aliphatic rings. The van der Waals surface area contributed by atoms with Gasteiger partial charge in [-0.2, -0.15) is 0 Å². The molecule has 5 heteroatoms. The monoisotopic (exact) mass is 251 g/mol. The van der Waals surface area contributed by atoms with Crippen LogP contribution < -0.4 is 5.43 Å². The molecular weight excluding hydrogens is 230 g/mol. The fourth-order valence-electron chi connectivity index (χ4n) is 1.17. The lowest BCUT2D eigenvalue weighted by Crippen LogP contribution is -2.43. The maximum absolute atomic E-state index is 11.5. The summed E-state index contributed by atoms with van der Waals surface area (Å²) in [5.74, 6) is -0.423. The molecule has 0 saturated heterocycles. The summed E-state index contributed by atoms with van der Waals surface area (Å²) in [6, 6.07) is 0. The van der Waals surface area contributed by atoms with Crippen LogP contribution in [-0.2, 0) is 9.53 Å². The predicted molar refractivity (Wildman–Crippen MR) is 72.9 cm³/mol. The number of nitrogens with zero attached hydrogens (tertiary/aromatic N) is 2. The van der Waals surface area contributed by atoms with Crippen LogP contribution in [0.5, 0.6) is 0 Å². The molecular formula is C13H21N3O2. The number of carbonyl (C=O) groups is 1. The smallest absolute Gasteiger partial charge is 0.339 e. The third kappa shape index (κ3) is 4.88. The highest BCUT2D eigenvalue weighted by molar-refractivity contribution is 5.91. The van der Waals surface area contributed by atoms with E-state index in [0.29, 0.717) is 11.3 Å². The van der Waals surface area contributed by atoms with Gasteiger partial charge in [-0.1, -0.05) is 25.3 Å². The van der Waals surface area contributed by atoms with Crippen LogP contribution in [0.3, 0.4) is 0 Å². The summed E-state index contributed by atoms with van der Waals surface area (Å²) in [5, 5.41) is 3.50. The van der Waals surface area contributed by atoms with Crippen molar-refractivity contribution in [3.05, 3.63) is 48.9 Å². The van der Waals surface area contributed by atoms with Crippen LogP contribution in [0.25, 0.3) is 0 Å². The van der Waals surface area contributed by atoms with E-state index in [-0.39, 0.29) is 0 Å². The second-order valence-corrected chi connectivity index (χ2v) is 3.52. The van der Waals surface area contributed by atoms with Gasteiger partial charge in [-0.3, -0.25) is 5.01 Å². The van der Waals surface area contributed by atoms with E-state index < -0.39 is 5.97 Å². The summed E-state index contributed by atoms with van der Waals surface area (Å²) in [6.45, 7) is 8.96. The Labute approximate surface area is 109 Å². The normalized spacial score (nSPS) is 12.1. The SMILES string of the molecule is C=C/C=C\N(C)N(C)N/C(C)=C(/C=C)C(=O)OC. The van der Waals surface area contributed by atoms with Crippen molar-refractivity contribution >= 4 is 5.97 Å². The van der Waals surface area contributed by atoms with Gasteiger partial charge in [0.1, 0.15) is 0 Å². The first-order chi connectivity index (χ1) is 8.47. The van der Waals surface area contributed by atoms with E-state index in [1.807, 2.05) is 20.3 Å². The first-order valence-corrected chi connectivity index (χ1v) is 5.41. The first kappa shape index (κ1) is 16.0. The van der Waals surface area contributed by atoms with E-state index in [1.165, 1.54) is 13.2 Å². The minimum atomic E-state index is -0.423. The van der Waals surface area contributed by atoms with Crippen LogP contribution >= 0.6 is 0 Å². The Bertz CT molecular complexity index is 372. The van der Waals surface area contributed by atoms with Gasteiger partial charge in [0.25, 0.3) is 0 Å². The number of rotatable bonds is 7. The summed E-state index contributed by atoms with van der Waals surface area (Å²) in [4.78, 5) is 11.5. The lowest BCUT2D eigenvalue weighted by Gasteiger charge is -2.28. The Morgan fingerprint density at radius 3 is 2.39 bits per heavy atom. The third-order valence-electron chi connectivity index (χ3n) is 2.25. The van der Waals surface area contributed by atoms with Crippen LogP contribution in [-0.4, -0.2) is 37.3 Å².